The molecule has 2 aromatic carbocycles. The molecule has 0 spiro atoms. The third-order valence-corrected chi connectivity index (χ3v) is 6.04. The lowest BCUT2D eigenvalue weighted by molar-refractivity contribution is -0.145. The van der Waals surface area contributed by atoms with Crippen LogP contribution in [0.25, 0.3) is 0 Å². The van der Waals surface area contributed by atoms with Crippen molar-refractivity contribution in [3.05, 3.63) is 64.7 Å². The van der Waals surface area contributed by atoms with E-state index in [1.54, 1.807) is 26.3 Å². The number of rotatable bonds is 8. The number of hydrogen-bond donors (Lipinski definition) is 1. The number of benzene rings is 2. The number of carbonyl (C=O) groups excluding carboxylic acids is 2. The maximum atomic E-state index is 13.1. The zero-order valence-electron chi connectivity index (χ0n) is 19.7. The van der Waals surface area contributed by atoms with Crippen LogP contribution in [0.2, 0.25) is 0 Å². The lowest BCUT2D eigenvalue weighted by Gasteiger charge is -2.33. The summed E-state index contributed by atoms with van der Waals surface area (Å²) in [4.78, 5) is 25.2. The molecule has 2 unspecified atom stereocenters. The first-order chi connectivity index (χ1) is 16.6. The molecule has 2 aliphatic rings. The molecule has 2 heterocycles. The topological polar surface area (TPSA) is 89.5 Å². The van der Waals surface area contributed by atoms with Gasteiger partial charge in [-0.2, -0.15) is 5.10 Å². The summed E-state index contributed by atoms with van der Waals surface area (Å²) in [6, 6.07) is 12.9. The molecule has 1 N–H and O–H groups in total. The number of carbonyl (C=O) groups is 2. The Labute approximate surface area is 199 Å². The number of hydrazone groups is 1. The number of esters is 1. The number of hydrogen-bond acceptors (Lipinski definition) is 8. The van der Waals surface area contributed by atoms with E-state index in [9.17, 15) is 9.59 Å². The van der Waals surface area contributed by atoms with Crippen molar-refractivity contribution in [2.45, 2.75) is 26.0 Å². The predicted octanol–water partition coefficient (Wildman–Crippen LogP) is 2.63. The Bertz CT molecular complexity index is 1030. The van der Waals surface area contributed by atoms with Crippen LogP contribution in [0.4, 0.5) is 0 Å². The average molecular weight is 466 g/mol. The monoisotopic (exact) mass is 465 g/mol. The van der Waals surface area contributed by atoms with E-state index in [4.69, 9.17) is 14.2 Å². The van der Waals surface area contributed by atoms with E-state index in [2.05, 4.69) is 10.4 Å². The molecule has 180 valence electrons. The summed E-state index contributed by atoms with van der Waals surface area (Å²) in [7, 11) is 1.81. The Morgan fingerprint density at radius 1 is 1.15 bits per heavy atom. The van der Waals surface area contributed by atoms with Gasteiger partial charge in [-0.05, 0) is 49.7 Å². The van der Waals surface area contributed by atoms with Crippen molar-refractivity contribution in [2.75, 3.05) is 40.0 Å². The van der Waals surface area contributed by atoms with E-state index >= 15 is 0 Å². The fraction of sp³-hybridized carbons (Fsp3) is 0.423. The van der Waals surface area contributed by atoms with Crippen molar-refractivity contribution >= 4 is 18.0 Å². The summed E-state index contributed by atoms with van der Waals surface area (Å²) in [6.07, 6.45) is 2.39. The van der Waals surface area contributed by atoms with Gasteiger partial charge in [-0.15, -0.1) is 0 Å². The Morgan fingerprint density at radius 2 is 1.88 bits per heavy atom. The molecule has 34 heavy (non-hydrogen) atoms. The zero-order chi connectivity index (χ0) is 23.9. The van der Waals surface area contributed by atoms with Gasteiger partial charge < -0.3 is 14.2 Å². The second kappa shape index (κ2) is 11.3. The van der Waals surface area contributed by atoms with Gasteiger partial charge in [-0.25, -0.2) is 0 Å². The lowest BCUT2D eigenvalue weighted by atomic mass is 9.89. The first kappa shape index (κ1) is 23.9. The van der Waals surface area contributed by atoms with Gasteiger partial charge in [-0.1, -0.05) is 24.3 Å². The van der Waals surface area contributed by atoms with Gasteiger partial charge in [0.15, 0.2) is 12.0 Å². The van der Waals surface area contributed by atoms with Gasteiger partial charge in [0, 0.05) is 17.0 Å². The minimum Gasteiger partial charge on any atom is -0.475 e. The summed E-state index contributed by atoms with van der Waals surface area (Å²) in [5.41, 5.74) is 3.05. The van der Waals surface area contributed by atoms with Crippen LogP contribution in [-0.4, -0.2) is 69.2 Å². The third-order valence-electron chi connectivity index (χ3n) is 6.04. The van der Waals surface area contributed by atoms with E-state index in [0.717, 1.165) is 30.0 Å². The van der Waals surface area contributed by atoms with Gasteiger partial charge in [0.2, 0.25) is 0 Å². The van der Waals surface area contributed by atoms with Crippen LogP contribution in [0.15, 0.2) is 47.6 Å². The van der Waals surface area contributed by atoms with Crippen LogP contribution in [0.5, 0.6) is 5.75 Å². The van der Waals surface area contributed by atoms with Crippen LogP contribution in [0.1, 0.15) is 40.4 Å². The summed E-state index contributed by atoms with van der Waals surface area (Å²) in [5, 5.41) is 9.58. The molecule has 2 atom stereocenters. The van der Waals surface area contributed by atoms with Crippen LogP contribution >= 0.6 is 0 Å². The van der Waals surface area contributed by atoms with Gasteiger partial charge in [-0.3, -0.25) is 19.9 Å². The highest BCUT2D eigenvalue weighted by molar-refractivity contribution is 6.09. The molecule has 0 radical (unpaired) electrons. The second-order valence-electron chi connectivity index (χ2n) is 8.38. The third kappa shape index (κ3) is 5.81. The van der Waals surface area contributed by atoms with Crippen LogP contribution < -0.4 is 10.1 Å². The molecule has 0 aromatic heterocycles. The Morgan fingerprint density at radius 3 is 2.59 bits per heavy atom. The highest BCUT2D eigenvalue weighted by Gasteiger charge is 2.31. The lowest BCUT2D eigenvalue weighted by Crippen LogP contribution is -2.43. The summed E-state index contributed by atoms with van der Waals surface area (Å²) in [5.74, 6) is 0.346. The van der Waals surface area contributed by atoms with Crippen LogP contribution in [0.3, 0.4) is 0 Å². The average Bonchev–Trinajstić information content (AvgIpc) is 2.87. The maximum Gasteiger partial charge on any atom is 0.306 e. The number of nitrogens with one attached hydrogen (secondary N) is 1. The highest BCUT2D eigenvalue weighted by atomic mass is 16.5. The first-order valence-electron chi connectivity index (χ1n) is 11.7. The number of ketones is 1. The number of fused-ring (bicyclic) bond motifs is 1. The Hall–Kier alpha value is -3.23. The highest BCUT2D eigenvalue weighted by Crippen LogP contribution is 2.33. The van der Waals surface area contributed by atoms with Crippen molar-refractivity contribution < 1.29 is 23.8 Å². The fourth-order valence-electron chi connectivity index (χ4n) is 4.23. The quantitative estimate of drug-likeness (QED) is 0.364. The Kier molecular flexibility index (Phi) is 7.92. The molecule has 0 amide bonds. The van der Waals surface area contributed by atoms with E-state index in [-0.39, 0.29) is 30.3 Å². The number of ether oxygens (including phenoxy) is 3. The number of morpholine rings is 1. The predicted molar refractivity (Wildman–Crippen MR) is 128 cm³/mol. The second-order valence-corrected chi connectivity index (χ2v) is 8.38. The standard InChI is InChI=1S/C26H31N3O5/c1-3-33-24(30)16-22-15-21-14-20(8-9-23(21)34-26(22)27-2)25(31)19-6-4-18(5-7-19)17-28-29-10-12-32-13-11-29/h4-9,14,17,22,26-27H,3,10-13,15-16H2,1-2H3. The van der Waals surface area contributed by atoms with Gasteiger partial charge in [0.25, 0.3) is 0 Å². The number of nitrogens with zero attached hydrogens (tertiary/aromatic N) is 2. The molecule has 0 bridgehead atoms. The molecule has 8 nitrogen and oxygen atoms in total. The van der Waals surface area contributed by atoms with E-state index in [1.165, 1.54) is 0 Å². The molecule has 0 saturated carbocycles. The molecule has 2 aliphatic heterocycles. The molecular weight excluding hydrogens is 434 g/mol. The molecule has 1 saturated heterocycles. The van der Waals surface area contributed by atoms with E-state index in [1.807, 2.05) is 41.4 Å². The zero-order valence-corrected chi connectivity index (χ0v) is 19.7. The minimum absolute atomic E-state index is 0.0582. The van der Waals surface area contributed by atoms with Gasteiger partial charge in [0.05, 0.1) is 45.5 Å². The largest absolute Gasteiger partial charge is 0.475 e. The SMILES string of the molecule is CCOC(=O)CC1Cc2cc(C(=O)c3ccc(C=NN4CCOCC4)cc3)ccc2OC1NC. The minimum atomic E-state index is -0.287. The normalized spacial score (nSPS) is 20.0. The van der Waals surface area contributed by atoms with Crippen LogP contribution in [-0.2, 0) is 20.7 Å². The summed E-state index contributed by atoms with van der Waals surface area (Å²) in [6.45, 7) is 5.09. The summed E-state index contributed by atoms with van der Waals surface area (Å²) >= 11 is 0. The molecule has 4 rings (SSSR count). The van der Waals surface area contributed by atoms with Crippen molar-refractivity contribution in [2.24, 2.45) is 11.0 Å². The molecular formula is C26H31N3O5. The first-order valence-corrected chi connectivity index (χ1v) is 11.7. The smallest absolute Gasteiger partial charge is 0.306 e. The van der Waals surface area contributed by atoms with Crippen molar-refractivity contribution in [3.8, 4) is 5.75 Å². The fourth-order valence-corrected chi connectivity index (χ4v) is 4.23. The van der Waals surface area contributed by atoms with E-state index in [0.29, 0.717) is 37.4 Å². The molecule has 0 aliphatic carbocycles. The molecule has 8 heteroatoms. The van der Waals surface area contributed by atoms with Gasteiger partial charge in [0.1, 0.15) is 5.75 Å². The molecule has 2 aromatic rings. The van der Waals surface area contributed by atoms with Crippen molar-refractivity contribution in [1.82, 2.24) is 10.3 Å². The van der Waals surface area contributed by atoms with Crippen molar-refractivity contribution in [3.63, 3.8) is 0 Å². The Balaban J connectivity index is 1.45. The van der Waals surface area contributed by atoms with Crippen molar-refractivity contribution in [1.29, 1.82) is 0 Å². The molecule has 1 fully saturated rings. The van der Waals surface area contributed by atoms with Crippen LogP contribution in [0, 0.1) is 5.92 Å². The maximum absolute atomic E-state index is 13.1. The van der Waals surface area contributed by atoms with Gasteiger partial charge >= 0.3 is 5.97 Å². The summed E-state index contributed by atoms with van der Waals surface area (Å²) < 4.78 is 16.5. The van der Waals surface area contributed by atoms with E-state index < -0.39 is 0 Å².